The molecule has 7 nitrogen and oxygen atoms in total. The van der Waals surface area contributed by atoms with E-state index in [0.717, 1.165) is 16.1 Å². The molecule has 0 atom stereocenters. The van der Waals surface area contributed by atoms with E-state index in [0.29, 0.717) is 21.9 Å². The van der Waals surface area contributed by atoms with Gasteiger partial charge in [0, 0.05) is 0 Å². The highest BCUT2D eigenvalue weighted by Crippen LogP contribution is 2.24. The lowest BCUT2D eigenvalue weighted by Gasteiger charge is -2.01. The van der Waals surface area contributed by atoms with E-state index in [1.807, 2.05) is 11.4 Å². The van der Waals surface area contributed by atoms with E-state index in [4.69, 9.17) is 0 Å². The molecule has 104 valence electrons. The number of fused-ring (bicyclic) bond motifs is 2. The number of aromatic amines is 2. The van der Waals surface area contributed by atoms with Gasteiger partial charge >= 0.3 is 0 Å². The molecule has 0 saturated carbocycles. The van der Waals surface area contributed by atoms with Crippen molar-refractivity contribution in [3.8, 4) is 0 Å². The van der Waals surface area contributed by atoms with Gasteiger partial charge in [-0.15, -0.1) is 11.3 Å². The molecule has 0 spiro atoms. The smallest absolute Gasteiger partial charge is 0.268 e. The molecule has 0 aliphatic rings. The number of nitrogens with one attached hydrogen (secondary N) is 2. The summed E-state index contributed by atoms with van der Waals surface area (Å²) in [4.78, 5) is 34.6. The zero-order valence-electron chi connectivity index (χ0n) is 10.5. The van der Waals surface area contributed by atoms with Gasteiger partial charge in [-0.3, -0.25) is 4.79 Å². The fraction of sp³-hybridized carbons (Fsp3) is 0.0833. The van der Waals surface area contributed by atoms with Crippen molar-refractivity contribution >= 4 is 44.5 Å². The summed E-state index contributed by atoms with van der Waals surface area (Å²) >= 11 is 2.87. The Morgan fingerprint density at radius 2 is 2.24 bits per heavy atom. The van der Waals surface area contributed by atoms with Gasteiger partial charge in [-0.2, -0.15) is 0 Å². The summed E-state index contributed by atoms with van der Waals surface area (Å²) in [6, 6.07) is 1.85. The number of thioether (sulfide) groups is 1. The molecule has 0 radical (unpaired) electrons. The van der Waals surface area contributed by atoms with E-state index >= 15 is 0 Å². The molecule has 0 aromatic carbocycles. The average molecular weight is 316 g/mol. The van der Waals surface area contributed by atoms with Crippen LogP contribution in [0.2, 0.25) is 0 Å². The Morgan fingerprint density at radius 3 is 3.19 bits per heavy atom. The Hall–Kier alpha value is -2.26. The summed E-state index contributed by atoms with van der Waals surface area (Å²) in [6.45, 7) is 0. The van der Waals surface area contributed by atoms with Crippen LogP contribution in [-0.4, -0.2) is 29.9 Å². The SMILES string of the molecule is O=c1[nH]c(CSc2ncnc3nc[nH]c23)nc2ccsc12. The summed E-state index contributed by atoms with van der Waals surface area (Å²) in [5, 5.41) is 2.65. The summed E-state index contributed by atoms with van der Waals surface area (Å²) in [5.41, 5.74) is 2.05. The molecule has 21 heavy (non-hydrogen) atoms. The molecule has 9 heteroatoms. The van der Waals surface area contributed by atoms with Crippen LogP contribution in [-0.2, 0) is 5.75 Å². The van der Waals surface area contributed by atoms with Crippen molar-refractivity contribution in [1.82, 2.24) is 29.9 Å². The van der Waals surface area contributed by atoms with Gasteiger partial charge in [0.2, 0.25) is 0 Å². The lowest BCUT2D eigenvalue weighted by molar-refractivity contribution is 1.03. The number of hydrogen-bond acceptors (Lipinski definition) is 7. The maximum absolute atomic E-state index is 11.9. The number of hydrogen-bond donors (Lipinski definition) is 2. The summed E-state index contributed by atoms with van der Waals surface area (Å²) in [7, 11) is 0. The number of nitrogens with zero attached hydrogens (tertiary/aromatic N) is 4. The van der Waals surface area contributed by atoms with Crippen molar-refractivity contribution in [2.24, 2.45) is 0 Å². The van der Waals surface area contributed by atoms with Crippen LogP contribution in [0.5, 0.6) is 0 Å². The third kappa shape index (κ3) is 2.20. The van der Waals surface area contributed by atoms with E-state index in [9.17, 15) is 4.79 Å². The van der Waals surface area contributed by atoms with Gasteiger partial charge in [0.05, 0.1) is 17.6 Å². The van der Waals surface area contributed by atoms with Gasteiger partial charge in [0.1, 0.15) is 27.4 Å². The molecule has 0 bridgehead atoms. The van der Waals surface area contributed by atoms with Crippen LogP contribution in [0.15, 0.2) is 33.9 Å². The van der Waals surface area contributed by atoms with Crippen LogP contribution in [0.1, 0.15) is 5.82 Å². The summed E-state index contributed by atoms with van der Waals surface area (Å²) < 4.78 is 0.654. The Labute approximate surface area is 125 Å². The maximum Gasteiger partial charge on any atom is 0.268 e. The van der Waals surface area contributed by atoms with Crippen molar-refractivity contribution in [2.45, 2.75) is 10.8 Å². The Bertz CT molecular complexity index is 988. The second-order valence-corrected chi connectivity index (χ2v) is 6.10. The molecular weight excluding hydrogens is 308 g/mol. The molecule has 4 rings (SSSR count). The first-order chi connectivity index (χ1) is 10.3. The Balaban J connectivity index is 1.66. The summed E-state index contributed by atoms with van der Waals surface area (Å²) in [6.07, 6.45) is 3.06. The molecule has 2 N–H and O–H groups in total. The van der Waals surface area contributed by atoms with Crippen LogP contribution in [0.3, 0.4) is 0 Å². The maximum atomic E-state index is 11.9. The van der Waals surface area contributed by atoms with Gasteiger partial charge in [-0.05, 0) is 11.4 Å². The van der Waals surface area contributed by atoms with Gasteiger partial charge in [0.25, 0.3) is 5.56 Å². The first kappa shape index (κ1) is 12.5. The lowest BCUT2D eigenvalue weighted by Crippen LogP contribution is -2.09. The lowest BCUT2D eigenvalue weighted by atomic mass is 10.4. The van der Waals surface area contributed by atoms with Crippen LogP contribution >= 0.6 is 23.1 Å². The Kier molecular flexibility index (Phi) is 2.93. The predicted molar refractivity (Wildman–Crippen MR) is 81.5 cm³/mol. The molecule has 0 fully saturated rings. The van der Waals surface area contributed by atoms with E-state index in [2.05, 4.69) is 29.9 Å². The van der Waals surface area contributed by atoms with Gasteiger partial charge < -0.3 is 9.97 Å². The fourth-order valence-electron chi connectivity index (χ4n) is 1.98. The summed E-state index contributed by atoms with van der Waals surface area (Å²) in [5.74, 6) is 1.15. The molecule has 4 heterocycles. The second-order valence-electron chi connectivity index (χ2n) is 4.22. The molecule has 0 amide bonds. The highest BCUT2D eigenvalue weighted by Gasteiger charge is 2.09. The zero-order valence-corrected chi connectivity index (χ0v) is 12.2. The number of aromatic nitrogens is 6. The largest absolute Gasteiger partial charge is 0.341 e. The molecule has 0 aliphatic carbocycles. The van der Waals surface area contributed by atoms with E-state index in [1.54, 1.807) is 6.33 Å². The minimum absolute atomic E-state index is 0.0972. The van der Waals surface area contributed by atoms with Crippen molar-refractivity contribution in [3.63, 3.8) is 0 Å². The molecular formula is C12H8N6OS2. The van der Waals surface area contributed by atoms with Gasteiger partial charge in [0.15, 0.2) is 5.65 Å². The van der Waals surface area contributed by atoms with Gasteiger partial charge in [-0.1, -0.05) is 11.8 Å². The molecule has 4 aromatic rings. The van der Waals surface area contributed by atoms with Gasteiger partial charge in [-0.25, -0.2) is 19.9 Å². The minimum Gasteiger partial charge on any atom is -0.341 e. The highest BCUT2D eigenvalue weighted by molar-refractivity contribution is 7.98. The number of rotatable bonds is 3. The van der Waals surface area contributed by atoms with Crippen molar-refractivity contribution in [1.29, 1.82) is 0 Å². The predicted octanol–water partition coefficient (Wildman–Crippen LogP) is 1.94. The third-order valence-corrected chi connectivity index (χ3v) is 4.80. The zero-order chi connectivity index (χ0) is 14.2. The number of H-pyrrole nitrogens is 2. The first-order valence-electron chi connectivity index (χ1n) is 6.04. The standard InChI is InChI=1S/C12H8N6OS2/c19-11-9-6(1-2-20-9)17-7(18-11)3-21-12-8-10(14-4-13-8)15-5-16-12/h1-2,4-5H,3H2,(H,17,18,19)(H,13,14,15,16). The van der Waals surface area contributed by atoms with E-state index in [-0.39, 0.29) is 5.56 Å². The topological polar surface area (TPSA) is 100 Å². The highest BCUT2D eigenvalue weighted by atomic mass is 32.2. The number of imidazole rings is 1. The second kappa shape index (κ2) is 4.93. The molecule has 0 saturated heterocycles. The molecule has 0 aliphatic heterocycles. The van der Waals surface area contributed by atoms with Crippen molar-refractivity contribution in [2.75, 3.05) is 0 Å². The molecule has 4 aromatic heterocycles. The third-order valence-electron chi connectivity index (χ3n) is 2.90. The van der Waals surface area contributed by atoms with Crippen LogP contribution < -0.4 is 5.56 Å². The molecule has 0 unspecified atom stereocenters. The normalized spacial score (nSPS) is 11.4. The van der Waals surface area contributed by atoms with E-state index in [1.165, 1.54) is 29.4 Å². The van der Waals surface area contributed by atoms with Crippen molar-refractivity contribution < 1.29 is 0 Å². The average Bonchev–Trinajstić information content (AvgIpc) is 3.13. The number of thiophene rings is 1. The minimum atomic E-state index is -0.0972. The Morgan fingerprint density at radius 1 is 1.29 bits per heavy atom. The monoisotopic (exact) mass is 316 g/mol. The first-order valence-corrected chi connectivity index (χ1v) is 7.91. The van der Waals surface area contributed by atoms with Crippen LogP contribution in [0, 0.1) is 0 Å². The van der Waals surface area contributed by atoms with Crippen LogP contribution in [0.4, 0.5) is 0 Å². The fourth-order valence-corrected chi connectivity index (χ4v) is 3.53. The van der Waals surface area contributed by atoms with Crippen LogP contribution in [0.25, 0.3) is 21.4 Å². The quantitative estimate of drug-likeness (QED) is 0.442. The van der Waals surface area contributed by atoms with Crippen molar-refractivity contribution in [3.05, 3.63) is 40.3 Å². The van der Waals surface area contributed by atoms with E-state index < -0.39 is 0 Å².